The third kappa shape index (κ3) is 6.43. The molecule has 0 saturated heterocycles. The van der Waals surface area contributed by atoms with Gasteiger partial charge in [0.2, 0.25) is 15.9 Å². The van der Waals surface area contributed by atoms with Crippen molar-refractivity contribution in [1.82, 2.24) is 14.6 Å². The molecule has 1 amide bonds. The van der Waals surface area contributed by atoms with Gasteiger partial charge >= 0.3 is 0 Å². The lowest BCUT2D eigenvalue weighted by atomic mass is 9.95. The van der Waals surface area contributed by atoms with Crippen molar-refractivity contribution in [2.45, 2.75) is 63.8 Å². The first-order valence-corrected chi connectivity index (χ1v) is 14.6. The van der Waals surface area contributed by atoms with Gasteiger partial charge in [0.1, 0.15) is 0 Å². The number of nitrogens with zero attached hydrogens (tertiary/aromatic N) is 2. The van der Waals surface area contributed by atoms with E-state index in [0.717, 1.165) is 54.3 Å². The predicted octanol–water partition coefficient (Wildman–Crippen LogP) is 5.37. The van der Waals surface area contributed by atoms with Crippen LogP contribution in [0.1, 0.15) is 48.8 Å². The minimum atomic E-state index is -3.84. The van der Waals surface area contributed by atoms with E-state index in [1.807, 2.05) is 57.2 Å². The van der Waals surface area contributed by atoms with E-state index >= 15 is 0 Å². The summed E-state index contributed by atoms with van der Waals surface area (Å²) in [5.41, 5.74) is 4.14. The van der Waals surface area contributed by atoms with Crippen molar-refractivity contribution in [3.8, 4) is 0 Å². The number of fused-ring (bicyclic) bond motifs is 1. The molecule has 198 valence electrons. The van der Waals surface area contributed by atoms with E-state index in [9.17, 15) is 13.2 Å². The first-order chi connectivity index (χ1) is 17.7. The van der Waals surface area contributed by atoms with Crippen molar-refractivity contribution in [3.63, 3.8) is 0 Å². The van der Waals surface area contributed by atoms with Crippen LogP contribution in [-0.4, -0.2) is 49.3 Å². The van der Waals surface area contributed by atoms with Gasteiger partial charge in [0.25, 0.3) is 0 Å². The highest BCUT2D eigenvalue weighted by atomic mass is 35.5. The second-order valence-corrected chi connectivity index (χ2v) is 12.1. The SMILES string of the molecule is Cc1cc(C)c(S(=O)(=O)N(CC(=O)NCCNc2ccnc3cc(Cl)ccc23)C2CCCCC2)c(C)c1. The van der Waals surface area contributed by atoms with Crippen LogP contribution in [0.5, 0.6) is 0 Å². The number of rotatable bonds is 9. The molecule has 0 radical (unpaired) electrons. The number of carbonyl (C=O) groups is 1. The lowest BCUT2D eigenvalue weighted by Crippen LogP contribution is -2.47. The fraction of sp³-hybridized carbons (Fsp3) is 0.429. The van der Waals surface area contributed by atoms with E-state index < -0.39 is 10.0 Å². The molecule has 0 bridgehead atoms. The number of hydrogen-bond donors (Lipinski definition) is 2. The Morgan fingerprint density at radius 3 is 2.43 bits per heavy atom. The van der Waals surface area contributed by atoms with E-state index in [0.29, 0.717) is 34.1 Å². The molecule has 2 aromatic carbocycles. The third-order valence-corrected chi connectivity index (χ3v) is 9.36. The summed E-state index contributed by atoms with van der Waals surface area (Å²) >= 11 is 6.07. The van der Waals surface area contributed by atoms with Gasteiger partial charge in [0.15, 0.2) is 0 Å². The number of aromatic nitrogens is 1. The van der Waals surface area contributed by atoms with Crippen LogP contribution in [0.15, 0.2) is 47.5 Å². The zero-order valence-electron chi connectivity index (χ0n) is 21.7. The molecule has 0 atom stereocenters. The van der Waals surface area contributed by atoms with E-state index in [1.165, 1.54) is 4.31 Å². The van der Waals surface area contributed by atoms with Crippen LogP contribution in [0, 0.1) is 20.8 Å². The molecule has 1 aromatic heterocycles. The first-order valence-electron chi connectivity index (χ1n) is 12.8. The van der Waals surface area contributed by atoms with Crippen molar-refractivity contribution >= 4 is 44.1 Å². The molecule has 2 N–H and O–H groups in total. The van der Waals surface area contributed by atoms with Crippen LogP contribution in [0.2, 0.25) is 5.02 Å². The number of aryl methyl sites for hydroxylation is 3. The fourth-order valence-corrected chi connectivity index (χ4v) is 7.57. The van der Waals surface area contributed by atoms with Crippen LogP contribution in [0.3, 0.4) is 0 Å². The highest BCUT2D eigenvalue weighted by Gasteiger charge is 2.35. The van der Waals surface area contributed by atoms with E-state index in [2.05, 4.69) is 15.6 Å². The van der Waals surface area contributed by atoms with Gasteiger partial charge in [-0.3, -0.25) is 9.78 Å². The third-order valence-electron chi connectivity index (χ3n) is 6.92. The summed E-state index contributed by atoms with van der Waals surface area (Å²) in [5, 5.41) is 7.79. The molecule has 1 fully saturated rings. The largest absolute Gasteiger partial charge is 0.383 e. The van der Waals surface area contributed by atoms with Crippen molar-refractivity contribution in [1.29, 1.82) is 0 Å². The number of pyridine rings is 1. The summed E-state index contributed by atoms with van der Waals surface area (Å²) in [4.78, 5) is 17.7. The average molecular weight is 543 g/mol. The number of carbonyl (C=O) groups excluding carboxylic acids is 1. The number of sulfonamides is 1. The molecule has 7 nitrogen and oxygen atoms in total. The number of amides is 1. The number of hydrogen-bond acceptors (Lipinski definition) is 5. The van der Waals surface area contributed by atoms with Gasteiger partial charge in [-0.05, 0) is 69.0 Å². The maximum absolute atomic E-state index is 13.9. The Balaban J connectivity index is 1.44. The Morgan fingerprint density at radius 2 is 1.73 bits per heavy atom. The summed E-state index contributed by atoms with van der Waals surface area (Å²) in [5.74, 6) is -0.301. The predicted molar refractivity (Wildman–Crippen MR) is 150 cm³/mol. The molecule has 1 aliphatic carbocycles. The van der Waals surface area contributed by atoms with Crippen LogP contribution < -0.4 is 10.6 Å². The number of benzene rings is 2. The van der Waals surface area contributed by atoms with Gasteiger partial charge in [0, 0.05) is 41.4 Å². The second kappa shape index (κ2) is 11.8. The highest BCUT2D eigenvalue weighted by Crippen LogP contribution is 2.31. The van der Waals surface area contributed by atoms with Crippen LogP contribution >= 0.6 is 11.6 Å². The number of halogens is 1. The molecule has 4 rings (SSSR count). The standard InChI is InChI=1S/C28H35ClN4O3S/c1-19-15-20(2)28(21(3)16-19)37(35,36)33(23-7-5-4-6-8-23)18-27(34)32-14-13-31-25-11-12-30-26-17-22(29)9-10-24(25)26/h9-12,15-17,23H,4-8,13-14,18H2,1-3H3,(H,30,31)(H,32,34). The molecule has 3 aromatic rings. The Labute approximate surface area is 224 Å². The minimum Gasteiger partial charge on any atom is -0.383 e. The summed E-state index contributed by atoms with van der Waals surface area (Å²) in [7, 11) is -3.84. The van der Waals surface area contributed by atoms with Crippen molar-refractivity contribution < 1.29 is 13.2 Å². The molecule has 0 aliphatic heterocycles. The van der Waals surface area contributed by atoms with Gasteiger partial charge in [-0.2, -0.15) is 4.31 Å². The van der Waals surface area contributed by atoms with Crippen molar-refractivity contribution in [2.24, 2.45) is 0 Å². The zero-order valence-corrected chi connectivity index (χ0v) is 23.3. The van der Waals surface area contributed by atoms with Gasteiger partial charge in [0.05, 0.1) is 17.0 Å². The lowest BCUT2D eigenvalue weighted by molar-refractivity contribution is -0.121. The van der Waals surface area contributed by atoms with E-state index in [-0.39, 0.29) is 18.5 Å². The van der Waals surface area contributed by atoms with E-state index in [1.54, 1.807) is 6.20 Å². The molecule has 1 heterocycles. The monoisotopic (exact) mass is 542 g/mol. The molecule has 0 spiro atoms. The van der Waals surface area contributed by atoms with Gasteiger partial charge in [-0.1, -0.05) is 48.6 Å². The second-order valence-electron chi connectivity index (χ2n) is 9.87. The first kappa shape index (κ1) is 27.4. The van der Waals surface area contributed by atoms with E-state index in [4.69, 9.17) is 11.6 Å². The quantitative estimate of drug-likeness (QED) is 0.355. The smallest absolute Gasteiger partial charge is 0.244 e. The summed E-state index contributed by atoms with van der Waals surface area (Å²) < 4.78 is 29.2. The Kier molecular flexibility index (Phi) is 8.72. The maximum Gasteiger partial charge on any atom is 0.244 e. The Hall–Kier alpha value is -2.68. The summed E-state index contributed by atoms with van der Waals surface area (Å²) in [6.07, 6.45) is 6.30. The van der Waals surface area contributed by atoms with Crippen LogP contribution in [-0.2, 0) is 14.8 Å². The van der Waals surface area contributed by atoms with Gasteiger partial charge in [-0.15, -0.1) is 0 Å². The van der Waals surface area contributed by atoms with Crippen LogP contribution in [0.4, 0.5) is 5.69 Å². The lowest BCUT2D eigenvalue weighted by Gasteiger charge is -2.33. The Morgan fingerprint density at radius 1 is 1.03 bits per heavy atom. The van der Waals surface area contributed by atoms with Crippen molar-refractivity contribution in [2.75, 3.05) is 25.0 Å². The topological polar surface area (TPSA) is 91.4 Å². The highest BCUT2D eigenvalue weighted by molar-refractivity contribution is 7.89. The van der Waals surface area contributed by atoms with Gasteiger partial charge in [-0.25, -0.2) is 8.42 Å². The molecule has 37 heavy (non-hydrogen) atoms. The zero-order chi connectivity index (χ0) is 26.6. The molecule has 1 saturated carbocycles. The summed E-state index contributed by atoms with van der Waals surface area (Å²) in [6.45, 7) is 6.28. The Bertz CT molecular complexity index is 1360. The van der Waals surface area contributed by atoms with Gasteiger partial charge < -0.3 is 10.6 Å². The number of nitrogens with one attached hydrogen (secondary N) is 2. The average Bonchev–Trinajstić information content (AvgIpc) is 2.84. The maximum atomic E-state index is 13.9. The molecular weight excluding hydrogens is 508 g/mol. The summed E-state index contributed by atoms with van der Waals surface area (Å²) in [6, 6.07) is 11.0. The molecule has 0 unspecified atom stereocenters. The van der Waals surface area contributed by atoms with Crippen molar-refractivity contribution in [3.05, 3.63) is 64.3 Å². The number of anilines is 1. The normalized spacial score (nSPS) is 14.7. The fourth-order valence-electron chi connectivity index (χ4n) is 5.34. The molecular formula is C28H35ClN4O3S. The minimum absolute atomic E-state index is 0.169. The molecule has 9 heteroatoms. The van der Waals surface area contributed by atoms with Crippen LogP contribution in [0.25, 0.3) is 10.9 Å². The molecule has 1 aliphatic rings.